The van der Waals surface area contributed by atoms with Crippen molar-refractivity contribution in [2.75, 3.05) is 27.9 Å². The average molecular weight is 859 g/mol. The maximum absolute atomic E-state index is 13.3. The molecule has 5 saturated heterocycles. The molecule has 2 N–H and O–H groups in total. The number of carbonyl (C=O) groups is 3. The summed E-state index contributed by atoms with van der Waals surface area (Å²) in [4.78, 5) is 37.4. The first-order valence-corrected chi connectivity index (χ1v) is 20.7. The van der Waals surface area contributed by atoms with E-state index in [1.165, 1.54) is 28.1 Å². The minimum absolute atomic E-state index is 0.00331. The van der Waals surface area contributed by atoms with Crippen molar-refractivity contribution in [2.45, 2.75) is 164 Å². The van der Waals surface area contributed by atoms with Crippen LogP contribution in [0.2, 0.25) is 0 Å². The van der Waals surface area contributed by atoms with Gasteiger partial charge in [0.2, 0.25) is 11.9 Å². The number of Topliss-reactive ketones (excluding diaryl/α,β-unsaturated/α-hetero) is 1. The fraction of sp³-hybridized carbons (Fsp3) is 0.698. The molecule has 61 heavy (non-hydrogen) atoms. The van der Waals surface area contributed by atoms with Crippen molar-refractivity contribution < 1.29 is 86.2 Å². The topological polar surface area (TPSA) is 215 Å². The number of aliphatic hydroxyl groups is 1. The van der Waals surface area contributed by atoms with Crippen LogP contribution in [0.5, 0.6) is 17.2 Å². The van der Waals surface area contributed by atoms with E-state index in [-0.39, 0.29) is 42.3 Å². The van der Waals surface area contributed by atoms with Gasteiger partial charge in [0.1, 0.15) is 29.5 Å². The maximum atomic E-state index is 13.3. The molecule has 0 radical (unpaired) electrons. The first-order valence-electron chi connectivity index (χ1n) is 20.7. The number of aromatic hydroxyl groups is 1. The van der Waals surface area contributed by atoms with Gasteiger partial charge in [0.25, 0.3) is 11.6 Å². The molecule has 2 aromatic rings. The van der Waals surface area contributed by atoms with Crippen molar-refractivity contribution in [2.24, 2.45) is 0 Å². The number of ketones is 1. The Balaban J connectivity index is 0.996. The van der Waals surface area contributed by atoms with Gasteiger partial charge in [0.05, 0.1) is 42.5 Å². The number of benzene rings is 2. The number of carbonyl (C=O) groups excluding carboxylic acids is 3. The van der Waals surface area contributed by atoms with Crippen LogP contribution in [0.3, 0.4) is 0 Å². The standard InChI is InChI=1S/C43H54O18/c1-18-14-24-30(31(47)29-23(32(24)49-8)12-11-13-25(29)46)33-28(18)34-37-42(51-10,59-33)41(17-52-41)43(60-34,61-37)38(50-9)57-26-15-39(6,48)35(19(2)53-26)56-27-16-40(7,58-22(5)45)36(20(3)54-27)55-21(4)44/h14,19-20,26-27,34-38,47-48H,11-13,15-17H2,1-10H3/t19?,20?,26?,27?,34?,35?,36?,37?,38-,39?,40?,41+,42-,43?/m1/s1. The van der Waals surface area contributed by atoms with Crippen molar-refractivity contribution in [1.29, 1.82) is 0 Å². The van der Waals surface area contributed by atoms with E-state index in [1.807, 2.05) is 13.0 Å². The van der Waals surface area contributed by atoms with E-state index in [1.54, 1.807) is 34.8 Å². The summed E-state index contributed by atoms with van der Waals surface area (Å²) in [5.74, 6) is -4.17. The number of phenolic OH excluding ortho intramolecular Hbond substituents is 1. The van der Waals surface area contributed by atoms with Gasteiger partial charge in [0, 0.05) is 63.8 Å². The predicted molar refractivity (Wildman–Crippen MR) is 206 cm³/mol. The van der Waals surface area contributed by atoms with Gasteiger partial charge < -0.3 is 71.8 Å². The van der Waals surface area contributed by atoms with Crippen LogP contribution < -0.4 is 9.47 Å². The van der Waals surface area contributed by atoms with Gasteiger partial charge in [-0.15, -0.1) is 0 Å². The van der Waals surface area contributed by atoms with Crippen LogP contribution >= 0.6 is 0 Å². The Hall–Kier alpha value is -3.69. The van der Waals surface area contributed by atoms with E-state index < -0.39 is 95.8 Å². The van der Waals surface area contributed by atoms with Gasteiger partial charge >= 0.3 is 11.9 Å². The van der Waals surface area contributed by atoms with Gasteiger partial charge in [0.15, 0.2) is 36.2 Å². The van der Waals surface area contributed by atoms with E-state index in [4.69, 9.17) is 61.6 Å². The Labute approximate surface area is 352 Å². The zero-order chi connectivity index (χ0) is 43.8. The molecule has 18 heteroatoms. The highest BCUT2D eigenvalue weighted by Crippen LogP contribution is 2.72. The predicted octanol–water partition coefficient (Wildman–Crippen LogP) is 3.70. The summed E-state index contributed by atoms with van der Waals surface area (Å²) < 4.78 is 81.6. The van der Waals surface area contributed by atoms with Crippen LogP contribution in [0.4, 0.5) is 0 Å². The van der Waals surface area contributed by atoms with Gasteiger partial charge in [-0.1, -0.05) is 0 Å². The molecule has 1 aliphatic carbocycles. The molecule has 0 aromatic heterocycles. The lowest BCUT2D eigenvalue weighted by Crippen LogP contribution is -2.70. The molecule has 18 nitrogen and oxygen atoms in total. The second kappa shape index (κ2) is 14.4. The third-order valence-corrected chi connectivity index (χ3v) is 13.5. The molecule has 1 spiro atoms. The molecule has 0 saturated carbocycles. The van der Waals surface area contributed by atoms with Crippen LogP contribution in [0.25, 0.3) is 10.8 Å². The van der Waals surface area contributed by atoms with Crippen molar-refractivity contribution >= 4 is 28.5 Å². The number of hydrogen-bond donors (Lipinski definition) is 2. The quantitative estimate of drug-likeness (QED) is 0.198. The molecule has 6 heterocycles. The number of phenols is 1. The summed E-state index contributed by atoms with van der Waals surface area (Å²) in [6, 6.07) is 1.89. The van der Waals surface area contributed by atoms with Gasteiger partial charge in [-0.25, -0.2) is 0 Å². The van der Waals surface area contributed by atoms with E-state index in [0.29, 0.717) is 46.9 Å². The zero-order valence-electron chi connectivity index (χ0n) is 35.9. The van der Waals surface area contributed by atoms with Crippen molar-refractivity contribution in [1.82, 2.24) is 0 Å². The summed E-state index contributed by atoms with van der Waals surface area (Å²) in [6.45, 7) is 11.1. The minimum atomic E-state index is -1.78. The Morgan fingerprint density at radius 3 is 2.30 bits per heavy atom. The zero-order valence-corrected chi connectivity index (χ0v) is 35.9. The van der Waals surface area contributed by atoms with Gasteiger partial charge in [-0.3, -0.25) is 14.4 Å². The van der Waals surface area contributed by atoms with Gasteiger partial charge in [-0.05, 0) is 59.1 Å². The summed E-state index contributed by atoms with van der Waals surface area (Å²) in [5.41, 5.74) is -2.11. The Bertz CT molecular complexity index is 2170. The molecule has 0 amide bonds. The van der Waals surface area contributed by atoms with Gasteiger partial charge in [-0.2, -0.15) is 0 Å². The lowest BCUT2D eigenvalue weighted by Gasteiger charge is -2.51. The number of methoxy groups -OCH3 is 3. The highest BCUT2D eigenvalue weighted by Gasteiger charge is 2.93. The van der Waals surface area contributed by atoms with E-state index in [2.05, 4.69) is 0 Å². The highest BCUT2D eigenvalue weighted by molar-refractivity contribution is 6.11. The van der Waals surface area contributed by atoms with Crippen LogP contribution in [0.1, 0.15) is 100 Å². The normalized spacial score (nSPS) is 41.2. The molecule has 2 bridgehead atoms. The number of ether oxygens (including phenoxy) is 13. The van der Waals surface area contributed by atoms with Crippen LogP contribution in [0.15, 0.2) is 6.07 Å². The molecule has 6 aliphatic heterocycles. The summed E-state index contributed by atoms with van der Waals surface area (Å²) >= 11 is 0. The van der Waals surface area contributed by atoms with E-state index in [9.17, 15) is 24.6 Å². The maximum Gasteiger partial charge on any atom is 0.303 e. The number of aryl methyl sites for hydroxylation is 1. The van der Waals surface area contributed by atoms with Crippen molar-refractivity contribution in [3.63, 3.8) is 0 Å². The fourth-order valence-corrected chi connectivity index (χ4v) is 11.1. The molecule has 11 unspecified atom stereocenters. The fourth-order valence-electron chi connectivity index (χ4n) is 11.1. The molecular formula is C43H54O18. The lowest BCUT2D eigenvalue weighted by atomic mass is 9.78. The third-order valence-electron chi connectivity index (χ3n) is 13.5. The molecule has 5 fully saturated rings. The average Bonchev–Trinajstić information content (AvgIpc) is 3.84. The number of epoxide rings is 1. The van der Waals surface area contributed by atoms with E-state index in [0.717, 1.165) is 5.56 Å². The SMILES string of the molecule is COc1c2c(c(O)c3c4c(c(C)cc13)C1OC3([C@H](OC)OC5CC(C)(O)C(OC6CC(C)(OC(C)=O)C(OC(C)=O)C(C)O6)C(C)O5)OC1[C@@](OC)(O4)[C@@]31CO1)C(=O)CCC2. The second-order valence-electron chi connectivity index (χ2n) is 17.7. The Morgan fingerprint density at radius 1 is 0.967 bits per heavy atom. The Kier molecular flexibility index (Phi) is 10.1. The third kappa shape index (κ3) is 6.00. The monoisotopic (exact) mass is 858 g/mol. The van der Waals surface area contributed by atoms with Crippen LogP contribution in [-0.2, 0) is 68.1 Å². The lowest BCUT2D eigenvalue weighted by molar-refractivity contribution is -0.396. The van der Waals surface area contributed by atoms with E-state index >= 15 is 0 Å². The molecule has 9 rings (SSSR count). The largest absolute Gasteiger partial charge is 0.506 e. The first kappa shape index (κ1) is 42.6. The first-order chi connectivity index (χ1) is 28.8. The Morgan fingerprint density at radius 2 is 1.67 bits per heavy atom. The molecule has 14 atom stereocenters. The number of rotatable bonds is 10. The smallest absolute Gasteiger partial charge is 0.303 e. The highest BCUT2D eigenvalue weighted by atomic mass is 16.9. The van der Waals surface area contributed by atoms with Crippen LogP contribution in [0, 0.1) is 6.92 Å². The second-order valence-corrected chi connectivity index (χ2v) is 17.7. The minimum Gasteiger partial charge on any atom is -0.506 e. The molecule has 2 aromatic carbocycles. The molecular weight excluding hydrogens is 804 g/mol. The van der Waals surface area contributed by atoms with Crippen LogP contribution in [-0.4, -0.2) is 134 Å². The number of fused-ring (bicyclic) bond motifs is 8. The molecule has 334 valence electrons. The summed E-state index contributed by atoms with van der Waals surface area (Å²) in [5, 5.41) is 24.7. The summed E-state index contributed by atoms with van der Waals surface area (Å²) in [6.07, 6.45) is -7.15. The van der Waals surface area contributed by atoms with Crippen molar-refractivity contribution in [3.05, 3.63) is 28.3 Å². The number of hydrogen-bond acceptors (Lipinski definition) is 18. The van der Waals surface area contributed by atoms with Crippen molar-refractivity contribution in [3.8, 4) is 17.2 Å². The molecule has 7 aliphatic rings. The summed E-state index contributed by atoms with van der Waals surface area (Å²) in [7, 11) is 4.43. The number of esters is 2.